The molecule has 0 radical (unpaired) electrons. The van der Waals surface area contributed by atoms with E-state index in [4.69, 9.17) is 5.73 Å². The van der Waals surface area contributed by atoms with Crippen molar-refractivity contribution in [1.82, 2.24) is 14.9 Å². The van der Waals surface area contributed by atoms with Crippen LogP contribution < -0.4 is 11.1 Å². The fraction of sp³-hybridized carbons (Fsp3) is 0.444. The SMILES string of the molecule is Cc1cc(C(=O)NCC(N)C2CC2)c(C)n1Cc1ccccn1. The molecule has 5 heteroatoms. The number of hydrogen-bond donors (Lipinski definition) is 2. The molecule has 2 aromatic heterocycles. The minimum Gasteiger partial charge on any atom is -0.350 e. The van der Waals surface area contributed by atoms with Crippen LogP contribution in [0.25, 0.3) is 0 Å². The van der Waals surface area contributed by atoms with Crippen molar-refractivity contribution in [3.05, 3.63) is 53.1 Å². The predicted octanol–water partition coefficient (Wildman–Crippen LogP) is 2.02. The summed E-state index contributed by atoms with van der Waals surface area (Å²) in [4.78, 5) is 16.8. The summed E-state index contributed by atoms with van der Waals surface area (Å²) < 4.78 is 2.12. The molecular weight excluding hydrogens is 288 g/mol. The predicted molar refractivity (Wildman–Crippen MR) is 90.3 cm³/mol. The second-order valence-corrected chi connectivity index (χ2v) is 6.40. The zero-order valence-electron chi connectivity index (χ0n) is 13.7. The highest BCUT2D eigenvalue weighted by Crippen LogP contribution is 2.31. The minimum absolute atomic E-state index is 0.0403. The Labute approximate surface area is 136 Å². The molecule has 3 N–H and O–H groups in total. The van der Waals surface area contributed by atoms with Crippen LogP contribution in [0.5, 0.6) is 0 Å². The standard InChI is InChI=1S/C18H24N4O/c1-12-9-16(18(23)21-10-17(19)14-6-7-14)13(2)22(12)11-15-5-3-4-8-20-15/h3-5,8-9,14,17H,6-7,10-11,19H2,1-2H3,(H,21,23). The van der Waals surface area contributed by atoms with Crippen LogP contribution in [0.1, 0.15) is 40.3 Å². The lowest BCUT2D eigenvalue weighted by atomic mass is 10.2. The molecule has 1 saturated carbocycles. The van der Waals surface area contributed by atoms with Crippen molar-refractivity contribution in [1.29, 1.82) is 0 Å². The van der Waals surface area contributed by atoms with Crippen molar-refractivity contribution in [2.45, 2.75) is 39.3 Å². The Morgan fingerprint density at radius 1 is 1.43 bits per heavy atom. The Morgan fingerprint density at radius 3 is 2.87 bits per heavy atom. The molecule has 1 unspecified atom stereocenters. The average Bonchev–Trinajstić information content (AvgIpc) is 3.36. The first-order valence-corrected chi connectivity index (χ1v) is 8.16. The van der Waals surface area contributed by atoms with Crippen LogP contribution in [0.15, 0.2) is 30.5 Å². The van der Waals surface area contributed by atoms with E-state index in [0.717, 1.165) is 22.6 Å². The lowest BCUT2D eigenvalue weighted by Crippen LogP contribution is -2.38. The van der Waals surface area contributed by atoms with Crippen LogP contribution in [0, 0.1) is 19.8 Å². The van der Waals surface area contributed by atoms with Gasteiger partial charge in [-0.05, 0) is 50.8 Å². The van der Waals surface area contributed by atoms with Crippen LogP contribution in [0.4, 0.5) is 0 Å². The summed E-state index contributed by atoms with van der Waals surface area (Å²) >= 11 is 0. The Bertz CT molecular complexity index is 689. The molecule has 1 amide bonds. The fourth-order valence-electron chi connectivity index (χ4n) is 2.92. The van der Waals surface area contributed by atoms with Gasteiger partial charge in [0.15, 0.2) is 0 Å². The number of aromatic nitrogens is 2. The molecule has 1 aliphatic rings. The molecule has 0 saturated heterocycles. The maximum Gasteiger partial charge on any atom is 0.253 e. The summed E-state index contributed by atoms with van der Waals surface area (Å²) in [5, 5.41) is 2.97. The first-order chi connectivity index (χ1) is 11.1. The number of amides is 1. The number of nitrogens with two attached hydrogens (primary N) is 1. The number of hydrogen-bond acceptors (Lipinski definition) is 3. The first-order valence-electron chi connectivity index (χ1n) is 8.16. The van der Waals surface area contributed by atoms with Gasteiger partial charge in [-0.3, -0.25) is 9.78 Å². The molecule has 1 fully saturated rings. The number of nitrogens with one attached hydrogen (secondary N) is 1. The quantitative estimate of drug-likeness (QED) is 0.857. The Hall–Kier alpha value is -2.14. The summed E-state index contributed by atoms with van der Waals surface area (Å²) in [6.07, 6.45) is 4.17. The highest BCUT2D eigenvalue weighted by molar-refractivity contribution is 5.95. The summed E-state index contributed by atoms with van der Waals surface area (Å²) in [5.41, 5.74) is 9.78. The van der Waals surface area contributed by atoms with E-state index in [9.17, 15) is 4.79 Å². The van der Waals surface area contributed by atoms with Crippen LogP contribution in [0.2, 0.25) is 0 Å². The van der Waals surface area contributed by atoms with E-state index < -0.39 is 0 Å². The number of rotatable bonds is 6. The van der Waals surface area contributed by atoms with E-state index >= 15 is 0 Å². The highest BCUT2D eigenvalue weighted by Gasteiger charge is 2.28. The fourth-order valence-corrected chi connectivity index (χ4v) is 2.92. The topological polar surface area (TPSA) is 72.9 Å². The number of aryl methyl sites for hydroxylation is 1. The van der Waals surface area contributed by atoms with Gasteiger partial charge in [0.25, 0.3) is 5.91 Å². The minimum atomic E-state index is -0.0403. The van der Waals surface area contributed by atoms with Gasteiger partial charge in [-0.1, -0.05) is 6.07 Å². The molecule has 2 aromatic rings. The molecule has 2 heterocycles. The van der Waals surface area contributed by atoms with E-state index in [1.54, 1.807) is 6.20 Å². The van der Waals surface area contributed by atoms with E-state index in [1.807, 2.05) is 38.1 Å². The molecular formula is C18H24N4O. The summed E-state index contributed by atoms with van der Waals surface area (Å²) in [5.74, 6) is 0.549. The molecule has 0 spiro atoms. The smallest absolute Gasteiger partial charge is 0.253 e. The van der Waals surface area contributed by atoms with Crippen molar-refractivity contribution < 1.29 is 4.79 Å². The van der Waals surface area contributed by atoms with Crippen molar-refractivity contribution >= 4 is 5.91 Å². The molecule has 1 aliphatic carbocycles. The third-order valence-electron chi connectivity index (χ3n) is 4.59. The van der Waals surface area contributed by atoms with E-state index in [-0.39, 0.29) is 11.9 Å². The average molecular weight is 312 g/mol. The van der Waals surface area contributed by atoms with Gasteiger partial charge in [-0.25, -0.2) is 0 Å². The Balaban J connectivity index is 1.70. The largest absolute Gasteiger partial charge is 0.350 e. The van der Waals surface area contributed by atoms with E-state index in [1.165, 1.54) is 12.8 Å². The molecule has 0 aliphatic heterocycles. The summed E-state index contributed by atoms with van der Waals surface area (Å²) in [6.45, 7) is 5.22. The van der Waals surface area contributed by atoms with Gasteiger partial charge in [0.1, 0.15) is 0 Å². The van der Waals surface area contributed by atoms with Crippen LogP contribution in [0.3, 0.4) is 0 Å². The van der Waals surface area contributed by atoms with E-state index in [2.05, 4.69) is 14.9 Å². The molecule has 3 rings (SSSR count). The number of carbonyl (C=O) groups excluding carboxylic acids is 1. The van der Waals surface area contributed by atoms with Crippen LogP contribution >= 0.6 is 0 Å². The zero-order valence-corrected chi connectivity index (χ0v) is 13.7. The second-order valence-electron chi connectivity index (χ2n) is 6.40. The number of pyridine rings is 1. The van der Waals surface area contributed by atoms with Gasteiger partial charge in [0.05, 0.1) is 17.8 Å². The van der Waals surface area contributed by atoms with Crippen molar-refractivity contribution in [3.8, 4) is 0 Å². The summed E-state index contributed by atoms with van der Waals surface area (Å²) in [6, 6.07) is 7.89. The third kappa shape index (κ3) is 3.62. The molecule has 0 bridgehead atoms. The van der Waals surface area contributed by atoms with Gasteiger partial charge in [-0.2, -0.15) is 0 Å². The lowest BCUT2D eigenvalue weighted by Gasteiger charge is -2.12. The van der Waals surface area contributed by atoms with E-state index in [0.29, 0.717) is 19.0 Å². The molecule has 0 aromatic carbocycles. The van der Waals surface area contributed by atoms with Crippen LogP contribution in [-0.4, -0.2) is 28.0 Å². The normalized spacial score (nSPS) is 15.4. The zero-order chi connectivity index (χ0) is 16.4. The molecule has 122 valence electrons. The number of carbonyl (C=O) groups is 1. The van der Waals surface area contributed by atoms with Crippen LogP contribution in [-0.2, 0) is 6.54 Å². The van der Waals surface area contributed by atoms with Crippen molar-refractivity contribution in [2.75, 3.05) is 6.54 Å². The highest BCUT2D eigenvalue weighted by atomic mass is 16.1. The molecule has 23 heavy (non-hydrogen) atoms. The van der Waals surface area contributed by atoms with Gasteiger partial charge in [0.2, 0.25) is 0 Å². The first kappa shape index (κ1) is 15.7. The van der Waals surface area contributed by atoms with Gasteiger partial charge < -0.3 is 15.6 Å². The Morgan fingerprint density at radius 2 is 2.22 bits per heavy atom. The van der Waals surface area contributed by atoms with Gasteiger partial charge >= 0.3 is 0 Å². The van der Waals surface area contributed by atoms with Gasteiger partial charge in [-0.15, -0.1) is 0 Å². The summed E-state index contributed by atoms with van der Waals surface area (Å²) in [7, 11) is 0. The maximum atomic E-state index is 12.4. The molecule has 1 atom stereocenters. The van der Waals surface area contributed by atoms with Gasteiger partial charge in [0, 0.05) is 30.2 Å². The number of nitrogens with zero attached hydrogens (tertiary/aromatic N) is 2. The maximum absolute atomic E-state index is 12.4. The molecule has 5 nitrogen and oxygen atoms in total. The lowest BCUT2D eigenvalue weighted by molar-refractivity contribution is 0.0949. The second kappa shape index (κ2) is 6.54. The van der Waals surface area contributed by atoms with Crippen molar-refractivity contribution in [2.24, 2.45) is 11.7 Å². The third-order valence-corrected chi connectivity index (χ3v) is 4.59. The van der Waals surface area contributed by atoms with Crippen molar-refractivity contribution in [3.63, 3.8) is 0 Å². The monoisotopic (exact) mass is 312 g/mol. The Kier molecular flexibility index (Phi) is 4.48.